The summed E-state index contributed by atoms with van der Waals surface area (Å²) in [6.45, 7) is 5.13. The largest absolute Gasteiger partial charge is 0.463 e. The molecule has 1 unspecified atom stereocenters. The van der Waals surface area contributed by atoms with E-state index in [4.69, 9.17) is 15.2 Å². The van der Waals surface area contributed by atoms with Gasteiger partial charge in [0.25, 0.3) is 0 Å². The number of rotatable bonds is 5. The Balaban J connectivity index is 2.92. The van der Waals surface area contributed by atoms with Crippen molar-refractivity contribution in [1.29, 1.82) is 0 Å². The number of carbonyl (C=O) groups is 2. The molecule has 5 heteroatoms. The molecule has 96 valence electrons. The number of ether oxygens (including phenoxy) is 2. The molecule has 0 aliphatic heterocycles. The van der Waals surface area contributed by atoms with E-state index in [1.807, 2.05) is 0 Å². The first-order chi connectivity index (χ1) is 8.56. The van der Waals surface area contributed by atoms with Gasteiger partial charge in [0, 0.05) is 5.56 Å². The molecule has 0 aliphatic carbocycles. The summed E-state index contributed by atoms with van der Waals surface area (Å²) in [4.78, 5) is 23.1. The molecule has 5 nitrogen and oxygen atoms in total. The van der Waals surface area contributed by atoms with Gasteiger partial charge in [-0.25, -0.2) is 9.59 Å². The minimum Gasteiger partial charge on any atom is -0.463 e. The molecule has 0 fully saturated rings. The number of esters is 2. The standard InChI is InChI=1S/C13H15NO4/c1-3-17-13(16)11(18-12(15)9(2)14)10-7-5-4-6-8-10/h4-8,11H,2-3,14H2,1H3. The first-order valence-corrected chi connectivity index (χ1v) is 5.43. The van der Waals surface area contributed by atoms with E-state index in [0.29, 0.717) is 5.56 Å². The molecular formula is C13H15NO4. The van der Waals surface area contributed by atoms with Crippen LogP contribution in [-0.2, 0) is 19.1 Å². The molecule has 0 radical (unpaired) electrons. The van der Waals surface area contributed by atoms with Gasteiger partial charge in [-0.15, -0.1) is 0 Å². The monoisotopic (exact) mass is 249 g/mol. The molecule has 0 saturated heterocycles. The lowest BCUT2D eigenvalue weighted by Crippen LogP contribution is -2.24. The third-order valence-corrected chi connectivity index (χ3v) is 2.09. The normalized spacial score (nSPS) is 11.4. The quantitative estimate of drug-likeness (QED) is 0.628. The summed E-state index contributed by atoms with van der Waals surface area (Å²) < 4.78 is 9.83. The molecule has 2 N–H and O–H groups in total. The Labute approximate surface area is 105 Å². The highest BCUT2D eigenvalue weighted by Crippen LogP contribution is 2.19. The summed E-state index contributed by atoms with van der Waals surface area (Å²) in [6, 6.07) is 8.57. The van der Waals surface area contributed by atoms with Crippen molar-refractivity contribution in [2.75, 3.05) is 6.61 Å². The Hall–Kier alpha value is -2.30. The smallest absolute Gasteiger partial charge is 0.354 e. The van der Waals surface area contributed by atoms with Gasteiger partial charge in [-0.3, -0.25) is 0 Å². The second-order valence-electron chi connectivity index (χ2n) is 3.47. The molecule has 0 bridgehead atoms. The van der Waals surface area contributed by atoms with Gasteiger partial charge in [-0.1, -0.05) is 36.9 Å². The zero-order valence-corrected chi connectivity index (χ0v) is 10.1. The average Bonchev–Trinajstić information content (AvgIpc) is 2.36. The zero-order valence-electron chi connectivity index (χ0n) is 10.1. The van der Waals surface area contributed by atoms with E-state index in [9.17, 15) is 9.59 Å². The van der Waals surface area contributed by atoms with Crippen LogP contribution in [0.15, 0.2) is 42.6 Å². The Bertz CT molecular complexity index is 442. The highest BCUT2D eigenvalue weighted by Gasteiger charge is 2.26. The van der Waals surface area contributed by atoms with Gasteiger partial charge in [0.1, 0.15) is 5.70 Å². The van der Waals surface area contributed by atoms with E-state index >= 15 is 0 Å². The number of nitrogens with two attached hydrogens (primary N) is 1. The van der Waals surface area contributed by atoms with Gasteiger partial charge in [0.2, 0.25) is 6.10 Å². The highest BCUT2D eigenvalue weighted by molar-refractivity contribution is 5.89. The first kappa shape index (κ1) is 13.8. The maximum absolute atomic E-state index is 11.7. The highest BCUT2D eigenvalue weighted by atomic mass is 16.6. The van der Waals surface area contributed by atoms with E-state index in [-0.39, 0.29) is 12.3 Å². The second-order valence-corrected chi connectivity index (χ2v) is 3.47. The molecule has 1 aromatic rings. The van der Waals surface area contributed by atoms with Crippen LogP contribution in [0.2, 0.25) is 0 Å². The number of benzene rings is 1. The van der Waals surface area contributed by atoms with Crippen LogP contribution < -0.4 is 5.73 Å². The Morgan fingerprint density at radius 2 is 1.94 bits per heavy atom. The van der Waals surface area contributed by atoms with Crippen LogP contribution in [0.5, 0.6) is 0 Å². The SMILES string of the molecule is C=C(N)C(=O)OC(C(=O)OCC)c1ccccc1. The zero-order chi connectivity index (χ0) is 13.5. The van der Waals surface area contributed by atoms with Crippen LogP contribution in [0.4, 0.5) is 0 Å². The summed E-state index contributed by atoms with van der Waals surface area (Å²) in [5.41, 5.74) is 5.47. The van der Waals surface area contributed by atoms with Crippen molar-refractivity contribution in [2.24, 2.45) is 5.73 Å². The third kappa shape index (κ3) is 3.62. The van der Waals surface area contributed by atoms with Crippen molar-refractivity contribution in [1.82, 2.24) is 0 Å². The fraction of sp³-hybridized carbons (Fsp3) is 0.231. The van der Waals surface area contributed by atoms with E-state index in [2.05, 4.69) is 6.58 Å². The molecular weight excluding hydrogens is 234 g/mol. The predicted octanol–water partition coefficient (Wildman–Crippen LogP) is 1.31. The maximum atomic E-state index is 11.7. The molecule has 1 rings (SSSR count). The minimum absolute atomic E-state index is 0.198. The van der Waals surface area contributed by atoms with Gasteiger partial charge in [0.15, 0.2) is 0 Å². The van der Waals surface area contributed by atoms with E-state index < -0.39 is 18.0 Å². The average molecular weight is 249 g/mol. The molecule has 0 amide bonds. The van der Waals surface area contributed by atoms with Crippen molar-refractivity contribution >= 4 is 11.9 Å². The number of carbonyl (C=O) groups excluding carboxylic acids is 2. The molecule has 18 heavy (non-hydrogen) atoms. The lowest BCUT2D eigenvalue weighted by molar-refractivity contribution is -0.166. The van der Waals surface area contributed by atoms with Crippen LogP contribution in [-0.4, -0.2) is 18.5 Å². The van der Waals surface area contributed by atoms with E-state index in [0.717, 1.165) is 0 Å². The Morgan fingerprint density at radius 1 is 1.33 bits per heavy atom. The lowest BCUT2D eigenvalue weighted by Gasteiger charge is -2.16. The molecule has 0 heterocycles. The summed E-state index contributed by atoms with van der Waals surface area (Å²) >= 11 is 0. The summed E-state index contributed by atoms with van der Waals surface area (Å²) in [5.74, 6) is -1.48. The lowest BCUT2D eigenvalue weighted by atomic mass is 10.1. The third-order valence-electron chi connectivity index (χ3n) is 2.09. The van der Waals surface area contributed by atoms with Crippen molar-refractivity contribution in [3.05, 3.63) is 48.2 Å². The van der Waals surface area contributed by atoms with Crippen LogP contribution >= 0.6 is 0 Å². The van der Waals surface area contributed by atoms with Crippen LogP contribution in [0.3, 0.4) is 0 Å². The van der Waals surface area contributed by atoms with Gasteiger partial charge in [0.05, 0.1) is 6.61 Å². The summed E-state index contributed by atoms with van der Waals surface area (Å²) in [7, 11) is 0. The van der Waals surface area contributed by atoms with Crippen molar-refractivity contribution in [3.63, 3.8) is 0 Å². The van der Waals surface area contributed by atoms with Crippen LogP contribution in [0.1, 0.15) is 18.6 Å². The molecule has 1 aromatic carbocycles. The van der Waals surface area contributed by atoms with Crippen molar-refractivity contribution < 1.29 is 19.1 Å². The van der Waals surface area contributed by atoms with E-state index in [1.165, 1.54) is 0 Å². The van der Waals surface area contributed by atoms with Gasteiger partial charge in [-0.05, 0) is 6.92 Å². The minimum atomic E-state index is -1.13. The topological polar surface area (TPSA) is 78.6 Å². The summed E-state index contributed by atoms with van der Waals surface area (Å²) in [5, 5.41) is 0. The number of hydrogen-bond acceptors (Lipinski definition) is 5. The molecule has 1 atom stereocenters. The summed E-state index contributed by atoms with van der Waals surface area (Å²) in [6.07, 6.45) is -1.13. The number of hydrogen-bond donors (Lipinski definition) is 1. The first-order valence-electron chi connectivity index (χ1n) is 5.43. The van der Waals surface area contributed by atoms with Gasteiger partial charge in [-0.2, -0.15) is 0 Å². The maximum Gasteiger partial charge on any atom is 0.354 e. The van der Waals surface area contributed by atoms with Gasteiger partial charge >= 0.3 is 11.9 Å². The van der Waals surface area contributed by atoms with Crippen molar-refractivity contribution in [2.45, 2.75) is 13.0 Å². The van der Waals surface area contributed by atoms with Gasteiger partial charge < -0.3 is 15.2 Å². The molecule has 0 aliphatic rings. The van der Waals surface area contributed by atoms with Crippen molar-refractivity contribution in [3.8, 4) is 0 Å². The molecule has 0 saturated carbocycles. The van der Waals surface area contributed by atoms with Crippen LogP contribution in [0.25, 0.3) is 0 Å². The fourth-order valence-corrected chi connectivity index (χ4v) is 1.28. The Kier molecular flexibility index (Phi) is 4.92. The second kappa shape index (κ2) is 6.44. The Morgan fingerprint density at radius 3 is 2.44 bits per heavy atom. The predicted molar refractivity (Wildman–Crippen MR) is 65.2 cm³/mol. The fourth-order valence-electron chi connectivity index (χ4n) is 1.28. The van der Waals surface area contributed by atoms with Crippen LogP contribution in [0, 0.1) is 0 Å². The molecule has 0 spiro atoms. The molecule has 0 aromatic heterocycles. The van der Waals surface area contributed by atoms with E-state index in [1.54, 1.807) is 37.3 Å².